The van der Waals surface area contributed by atoms with Gasteiger partial charge in [-0.3, -0.25) is 0 Å². The maximum atomic E-state index is 6.14. The molecule has 0 spiro atoms. The van der Waals surface area contributed by atoms with Crippen molar-refractivity contribution in [1.29, 1.82) is 0 Å². The molecule has 0 saturated carbocycles. The standard InChI is InChI=1S/C16H19ClN2O2/c1-2-20-15-7-6-13(11-14(15)17)12-18-9-10-21-16-5-3-4-8-19-16/h3-8,11,18H,2,9-10,12H2,1H3. The lowest BCUT2D eigenvalue weighted by Crippen LogP contribution is -2.20. The van der Waals surface area contributed by atoms with E-state index in [-0.39, 0.29) is 0 Å². The smallest absolute Gasteiger partial charge is 0.213 e. The topological polar surface area (TPSA) is 43.4 Å². The van der Waals surface area contributed by atoms with Gasteiger partial charge in [0.25, 0.3) is 0 Å². The molecule has 0 aliphatic rings. The summed E-state index contributed by atoms with van der Waals surface area (Å²) < 4.78 is 10.9. The third kappa shape index (κ3) is 5.25. The predicted molar refractivity (Wildman–Crippen MR) is 84.1 cm³/mol. The van der Waals surface area contributed by atoms with E-state index in [0.29, 0.717) is 24.1 Å². The van der Waals surface area contributed by atoms with Gasteiger partial charge in [-0.05, 0) is 30.7 Å². The van der Waals surface area contributed by atoms with Gasteiger partial charge in [-0.15, -0.1) is 0 Å². The minimum absolute atomic E-state index is 0.571. The average Bonchev–Trinajstić information content (AvgIpc) is 2.51. The maximum Gasteiger partial charge on any atom is 0.213 e. The van der Waals surface area contributed by atoms with Crippen LogP contribution in [-0.4, -0.2) is 24.7 Å². The van der Waals surface area contributed by atoms with Crippen molar-refractivity contribution in [2.45, 2.75) is 13.5 Å². The molecule has 21 heavy (non-hydrogen) atoms. The molecule has 2 aromatic rings. The van der Waals surface area contributed by atoms with E-state index in [9.17, 15) is 0 Å². The second-order valence-electron chi connectivity index (χ2n) is 4.39. The molecular formula is C16H19ClN2O2. The third-order valence-electron chi connectivity index (χ3n) is 2.79. The predicted octanol–water partition coefficient (Wildman–Crippen LogP) is 3.30. The first kappa shape index (κ1) is 15.6. The van der Waals surface area contributed by atoms with Gasteiger partial charge in [-0.25, -0.2) is 4.98 Å². The van der Waals surface area contributed by atoms with Crippen LogP contribution < -0.4 is 14.8 Å². The molecule has 0 atom stereocenters. The maximum absolute atomic E-state index is 6.14. The molecule has 112 valence electrons. The van der Waals surface area contributed by atoms with E-state index < -0.39 is 0 Å². The summed E-state index contributed by atoms with van der Waals surface area (Å²) >= 11 is 6.14. The molecule has 0 bridgehead atoms. The summed E-state index contributed by atoms with van der Waals surface area (Å²) in [4.78, 5) is 4.09. The number of hydrogen-bond donors (Lipinski definition) is 1. The highest BCUT2D eigenvalue weighted by Gasteiger charge is 2.02. The van der Waals surface area contributed by atoms with Crippen molar-refractivity contribution in [1.82, 2.24) is 10.3 Å². The van der Waals surface area contributed by atoms with Crippen molar-refractivity contribution in [3.63, 3.8) is 0 Å². The SMILES string of the molecule is CCOc1ccc(CNCCOc2ccccn2)cc1Cl. The first-order valence-corrected chi connectivity index (χ1v) is 7.33. The van der Waals surface area contributed by atoms with Crippen LogP contribution in [-0.2, 0) is 6.54 Å². The summed E-state index contributed by atoms with van der Waals surface area (Å²) in [7, 11) is 0. The minimum Gasteiger partial charge on any atom is -0.492 e. The normalized spacial score (nSPS) is 10.4. The van der Waals surface area contributed by atoms with E-state index in [1.165, 1.54) is 0 Å². The van der Waals surface area contributed by atoms with Crippen molar-refractivity contribution in [2.24, 2.45) is 0 Å². The number of nitrogens with zero attached hydrogens (tertiary/aromatic N) is 1. The van der Waals surface area contributed by atoms with Crippen molar-refractivity contribution in [3.8, 4) is 11.6 Å². The van der Waals surface area contributed by atoms with Gasteiger partial charge in [0.2, 0.25) is 5.88 Å². The zero-order valence-corrected chi connectivity index (χ0v) is 12.8. The number of halogens is 1. The molecule has 1 aromatic carbocycles. The Labute approximate surface area is 130 Å². The van der Waals surface area contributed by atoms with Crippen LogP contribution in [0.1, 0.15) is 12.5 Å². The average molecular weight is 307 g/mol. The largest absolute Gasteiger partial charge is 0.492 e. The van der Waals surface area contributed by atoms with Crippen molar-refractivity contribution in [3.05, 3.63) is 53.2 Å². The third-order valence-corrected chi connectivity index (χ3v) is 3.09. The number of pyridine rings is 1. The fourth-order valence-electron chi connectivity index (χ4n) is 1.82. The van der Waals surface area contributed by atoms with Crippen LogP contribution in [0, 0.1) is 0 Å². The van der Waals surface area contributed by atoms with Crippen LogP contribution in [0.15, 0.2) is 42.6 Å². The molecule has 1 aromatic heterocycles. The van der Waals surface area contributed by atoms with Crippen LogP contribution in [0.3, 0.4) is 0 Å². The Morgan fingerprint density at radius 2 is 2.10 bits per heavy atom. The zero-order valence-electron chi connectivity index (χ0n) is 12.0. The highest BCUT2D eigenvalue weighted by atomic mass is 35.5. The first-order chi connectivity index (χ1) is 10.3. The summed E-state index contributed by atoms with van der Waals surface area (Å²) in [5, 5.41) is 3.94. The van der Waals surface area contributed by atoms with Crippen LogP contribution in [0.5, 0.6) is 11.6 Å². The number of aromatic nitrogens is 1. The van der Waals surface area contributed by atoms with E-state index in [2.05, 4.69) is 10.3 Å². The Morgan fingerprint density at radius 3 is 2.81 bits per heavy atom. The van der Waals surface area contributed by atoms with E-state index in [4.69, 9.17) is 21.1 Å². The van der Waals surface area contributed by atoms with Crippen LogP contribution >= 0.6 is 11.6 Å². The molecule has 1 N–H and O–H groups in total. The Hall–Kier alpha value is -1.78. The highest BCUT2D eigenvalue weighted by Crippen LogP contribution is 2.25. The first-order valence-electron chi connectivity index (χ1n) is 6.95. The second kappa shape index (κ2) is 8.49. The Morgan fingerprint density at radius 1 is 1.19 bits per heavy atom. The minimum atomic E-state index is 0.571. The number of rotatable bonds is 8. The molecule has 4 nitrogen and oxygen atoms in total. The second-order valence-corrected chi connectivity index (χ2v) is 4.80. The van der Waals surface area contributed by atoms with Crippen LogP contribution in [0.2, 0.25) is 5.02 Å². The molecule has 0 radical (unpaired) electrons. The van der Waals surface area contributed by atoms with Gasteiger partial charge in [0.15, 0.2) is 0 Å². The molecule has 1 heterocycles. The van der Waals surface area contributed by atoms with E-state index in [0.717, 1.165) is 24.4 Å². The number of ether oxygens (including phenoxy) is 2. The lowest BCUT2D eigenvalue weighted by Gasteiger charge is -2.09. The molecule has 2 rings (SSSR count). The summed E-state index contributed by atoms with van der Waals surface area (Å²) in [6, 6.07) is 11.4. The number of hydrogen-bond acceptors (Lipinski definition) is 4. The van der Waals surface area contributed by atoms with E-state index in [1.54, 1.807) is 6.20 Å². The van der Waals surface area contributed by atoms with Crippen molar-refractivity contribution < 1.29 is 9.47 Å². The van der Waals surface area contributed by atoms with Crippen molar-refractivity contribution >= 4 is 11.6 Å². The quantitative estimate of drug-likeness (QED) is 0.760. The fourth-order valence-corrected chi connectivity index (χ4v) is 2.08. The summed E-state index contributed by atoms with van der Waals surface area (Å²) in [5.74, 6) is 1.37. The monoisotopic (exact) mass is 306 g/mol. The number of nitrogens with one attached hydrogen (secondary N) is 1. The van der Waals surface area contributed by atoms with E-state index >= 15 is 0 Å². The molecule has 0 saturated heterocycles. The van der Waals surface area contributed by atoms with Gasteiger partial charge in [0, 0.05) is 25.4 Å². The fraction of sp³-hybridized carbons (Fsp3) is 0.312. The molecule has 0 amide bonds. The van der Waals surface area contributed by atoms with Gasteiger partial charge in [0.1, 0.15) is 12.4 Å². The summed E-state index contributed by atoms with van der Waals surface area (Å²) in [6.45, 7) is 4.59. The van der Waals surface area contributed by atoms with Gasteiger partial charge in [-0.2, -0.15) is 0 Å². The van der Waals surface area contributed by atoms with Gasteiger partial charge in [0.05, 0.1) is 11.6 Å². The molecule has 0 aliphatic carbocycles. The summed E-state index contributed by atoms with van der Waals surface area (Å²) in [6.07, 6.45) is 1.71. The van der Waals surface area contributed by atoms with Gasteiger partial charge < -0.3 is 14.8 Å². The lowest BCUT2D eigenvalue weighted by atomic mass is 10.2. The molecular weight excluding hydrogens is 288 g/mol. The lowest BCUT2D eigenvalue weighted by molar-refractivity contribution is 0.302. The Bertz CT molecular complexity index is 549. The molecule has 0 unspecified atom stereocenters. The van der Waals surface area contributed by atoms with Gasteiger partial charge >= 0.3 is 0 Å². The Balaban J connectivity index is 1.70. The molecule has 0 aliphatic heterocycles. The highest BCUT2D eigenvalue weighted by molar-refractivity contribution is 6.32. The molecule has 5 heteroatoms. The van der Waals surface area contributed by atoms with Crippen LogP contribution in [0.4, 0.5) is 0 Å². The van der Waals surface area contributed by atoms with Crippen molar-refractivity contribution in [2.75, 3.05) is 19.8 Å². The van der Waals surface area contributed by atoms with Crippen LogP contribution in [0.25, 0.3) is 0 Å². The van der Waals surface area contributed by atoms with E-state index in [1.807, 2.05) is 43.3 Å². The zero-order chi connectivity index (χ0) is 14.9. The summed E-state index contributed by atoms with van der Waals surface area (Å²) in [5.41, 5.74) is 1.11. The number of benzene rings is 1. The Kier molecular flexibility index (Phi) is 6.31. The van der Waals surface area contributed by atoms with Gasteiger partial charge in [-0.1, -0.05) is 23.7 Å². The molecule has 0 fully saturated rings.